The number of amides is 1. The van der Waals surface area contributed by atoms with Crippen LogP contribution in [0.3, 0.4) is 0 Å². The van der Waals surface area contributed by atoms with Gasteiger partial charge in [0.05, 0.1) is 4.90 Å². The van der Waals surface area contributed by atoms with Crippen LogP contribution in [0.25, 0.3) is 0 Å². The summed E-state index contributed by atoms with van der Waals surface area (Å²) in [4.78, 5) is 14.6. The third-order valence-electron chi connectivity index (χ3n) is 4.39. The number of sulfonamides is 1. The van der Waals surface area contributed by atoms with Crippen molar-refractivity contribution in [1.82, 2.24) is 9.62 Å². The smallest absolute Gasteiger partial charge is 0.254 e. The van der Waals surface area contributed by atoms with E-state index >= 15 is 0 Å². The third-order valence-corrected chi connectivity index (χ3v) is 5.91. The first-order valence-corrected chi connectivity index (χ1v) is 9.53. The molecule has 0 aromatic heterocycles. The second-order valence-corrected chi connectivity index (χ2v) is 8.24. The van der Waals surface area contributed by atoms with E-state index in [0.29, 0.717) is 18.7 Å². The molecule has 8 heteroatoms. The molecule has 2 aliphatic rings. The van der Waals surface area contributed by atoms with Crippen LogP contribution in [0.15, 0.2) is 23.1 Å². The molecule has 1 heterocycles. The van der Waals surface area contributed by atoms with Crippen LogP contribution < -0.4 is 10.5 Å². The lowest BCUT2D eigenvalue weighted by Gasteiger charge is -2.31. The van der Waals surface area contributed by atoms with Gasteiger partial charge < -0.3 is 10.6 Å². The van der Waals surface area contributed by atoms with Crippen molar-refractivity contribution >= 4 is 28.3 Å². The number of piperidine rings is 1. The van der Waals surface area contributed by atoms with Crippen LogP contribution in [-0.4, -0.2) is 44.4 Å². The minimum Gasteiger partial charge on any atom is -0.337 e. The molecule has 1 aliphatic heterocycles. The molecule has 1 aromatic carbocycles. The maximum atomic E-state index is 12.7. The number of benzene rings is 1. The molecule has 3 N–H and O–H groups in total. The molecule has 3 rings (SSSR count). The summed E-state index contributed by atoms with van der Waals surface area (Å²) in [6.07, 6.45) is 3.56. The van der Waals surface area contributed by atoms with Crippen molar-refractivity contribution in [3.8, 4) is 0 Å². The highest BCUT2D eigenvalue weighted by Crippen LogP contribution is 2.24. The van der Waals surface area contributed by atoms with Gasteiger partial charge in [0.25, 0.3) is 5.91 Å². The van der Waals surface area contributed by atoms with Crippen molar-refractivity contribution in [3.63, 3.8) is 0 Å². The van der Waals surface area contributed by atoms with Gasteiger partial charge in [-0.25, -0.2) is 13.1 Å². The predicted molar refractivity (Wildman–Crippen MR) is 94.9 cm³/mol. The molecule has 0 bridgehead atoms. The standard InChI is InChI=1S/C16H23N3O3S.ClH/c1-11-4-7-14(23(21,22)18-13-5-6-13)9-15(11)16(20)19-8-2-3-12(17)10-19;/h4,7,9,12-13,18H,2-3,5-6,8,10,17H2,1H3;1H. The van der Waals surface area contributed by atoms with Gasteiger partial charge in [-0.1, -0.05) is 6.07 Å². The minimum absolute atomic E-state index is 0. The molecule has 1 amide bonds. The normalized spacial score (nSPS) is 21.2. The highest BCUT2D eigenvalue weighted by molar-refractivity contribution is 7.89. The monoisotopic (exact) mass is 373 g/mol. The Bertz CT molecular complexity index is 719. The Hall–Kier alpha value is -1.15. The van der Waals surface area contributed by atoms with Gasteiger partial charge in [-0.15, -0.1) is 12.4 Å². The second-order valence-electron chi connectivity index (χ2n) is 6.53. The summed E-state index contributed by atoms with van der Waals surface area (Å²) in [5.74, 6) is -0.138. The van der Waals surface area contributed by atoms with Crippen LogP contribution in [0.1, 0.15) is 41.6 Å². The van der Waals surface area contributed by atoms with Crippen LogP contribution in [-0.2, 0) is 10.0 Å². The number of nitrogens with one attached hydrogen (secondary N) is 1. The van der Waals surface area contributed by atoms with Gasteiger partial charge >= 0.3 is 0 Å². The van der Waals surface area contributed by atoms with Crippen LogP contribution in [0.2, 0.25) is 0 Å². The van der Waals surface area contributed by atoms with Gasteiger partial charge in [0.1, 0.15) is 0 Å². The van der Waals surface area contributed by atoms with Crippen molar-refractivity contribution in [2.45, 2.75) is 49.6 Å². The van der Waals surface area contributed by atoms with Gasteiger partial charge in [0.2, 0.25) is 10.0 Å². The summed E-state index contributed by atoms with van der Waals surface area (Å²) >= 11 is 0. The molecule has 1 saturated heterocycles. The summed E-state index contributed by atoms with van der Waals surface area (Å²) in [5.41, 5.74) is 7.16. The van der Waals surface area contributed by atoms with Gasteiger partial charge in [-0.3, -0.25) is 4.79 Å². The van der Waals surface area contributed by atoms with E-state index in [1.807, 2.05) is 6.92 Å². The molecule has 2 fully saturated rings. The molecule has 1 atom stereocenters. The van der Waals surface area contributed by atoms with Crippen molar-refractivity contribution in [3.05, 3.63) is 29.3 Å². The van der Waals surface area contributed by atoms with Crippen LogP contribution in [0.5, 0.6) is 0 Å². The van der Waals surface area contributed by atoms with Crippen molar-refractivity contribution in [2.24, 2.45) is 5.73 Å². The number of carbonyl (C=O) groups is 1. The number of rotatable bonds is 4. The van der Waals surface area contributed by atoms with E-state index in [9.17, 15) is 13.2 Å². The Balaban J connectivity index is 0.00000208. The highest BCUT2D eigenvalue weighted by Gasteiger charge is 2.29. The molecular formula is C16H24ClN3O3S. The summed E-state index contributed by atoms with van der Waals surface area (Å²) in [6, 6.07) is 4.77. The van der Waals surface area contributed by atoms with E-state index in [1.165, 1.54) is 6.07 Å². The van der Waals surface area contributed by atoms with E-state index in [0.717, 1.165) is 31.2 Å². The fourth-order valence-electron chi connectivity index (χ4n) is 2.85. The lowest BCUT2D eigenvalue weighted by Crippen LogP contribution is -2.45. The van der Waals surface area contributed by atoms with Gasteiger partial charge in [-0.2, -0.15) is 0 Å². The molecule has 1 aromatic rings. The van der Waals surface area contributed by atoms with Gasteiger partial charge in [-0.05, 0) is 50.3 Å². The predicted octanol–water partition coefficient (Wildman–Crippen LogP) is 1.42. The van der Waals surface area contributed by atoms with Gasteiger partial charge in [0.15, 0.2) is 0 Å². The number of nitrogens with two attached hydrogens (primary N) is 1. The van der Waals surface area contributed by atoms with E-state index in [2.05, 4.69) is 4.72 Å². The second kappa shape index (κ2) is 7.39. The van der Waals surface area contributed by atoms with E-state index in [4.69, 9.17) is 5.73 Å². The molecule has 1 saturated carbocycles. The summed E-state index contributed by atoms with van der Waals surface area (Å²) < 4.78 is 27.3. The Labute approximate surface area is 149 Å². The molecular weight excluding hydrogens is 350 g/mol. The Morgan fingerprint density at radius 3 is 2.62 bits per heavy atom. The molecule has 1 aliphatic carbocycles. The fraction of sp³-hybridized carbons (Fsp3) is 0.562. The number of hydrogen-bond donors (Lipinski definition) is 2. The topological polar surface area (TPSA) is 92.5 Å². The molecule has 1 unspecified atom stereocenters. The maximum absolute atomic E-state index is 12.7. The first-order valence-electron chi connectivity index (χ1n) is 8.04. The van der Waals surface area contributed by atoms with E-state index in [-0.39, 0.29) is 35.3 Å². The Kier molecular flexibility index (Phi) is 5.91. The van der Waals surface area contributed by atoms with Crippen LogP contribution >= 0.6 is 12.4 Å². The number of nitrogens with zero attached hydrogens (tertiary/aromatic N) is 1. The summed E-state index contributed by atoms with van der Waals surface area (Å²) in [7, 11) is -3.56. The number of halogens is 1. The number of hydrogen-bond acceptors (Lipinski definition) is 4. The van der Waals surface area contributed by atoms with Gasteiger partial charge in [0, 0.05) is 30.7 Å². The van der Waals surface area contributed by atoms with Crippen molar-refractivity contribution in [1.29, 1.82) is 0 Å². The average Bonchev–Trinajstić information content (AvgIpc) is 3.30. The first-order chi connectivity index (χ1) is 10.9. The van der Waals surface area contributed by atoms with Crippen molar-refractivity contribution < 1.29 is 13.2 Å². The molecule has 134 valence electrons. The molecule has 6 nitrogen and oxygen atoms in total. The average molecular weight is 374 g/mol. The van der Waals surface area contributed by atoms with Crippen LogP contribution in [0.4, 0.5) is 0 Å². The van der Waals surface area contributed by atoms with E-state index < -0.39 is 10.0 Å². The molecule has 0 spiro atoms. The Morgan fingerprint density at radius 2 is 2.00 bits per heavy atom. The number of likely N-dealkylation sites (tertiary alicyclic amines) is 1. The third kappa shape index (κ3) is 4.27. The number of carbonyl (C=O) groups excluding carboxylic acids is 1. The molecule has 24 heavy (non-hydrogen) atoms. The largest absolute Gasteiger partial charge is 0.337 e. The van der Waals surface area contributed by atoms with Crippen molar-refractivity contribution in [2.75, 3.05) is 13.1 Å². The fourth-order valence-corrected chi connectivity index (χ4v) is 4.18. The Morgan fingerprint density at radius 1 is 1.29 bits per heavy atom. The SMILES string of the molecule is Cc1ccc(S(=O)(=O)NC2CC2)cc1C(=O)N1CCCC(N)C1.Cl. The first kappa shape index (κ1) is 19.2. The zero-order valence-corrected chi connectivity index (χ0v) is 15.3. The summed E-state index contributed by atoms with van der Waals surface area (Å²) in [6.45, 7) is 3.01. The highest BCUT2D eigenvalue weighted by atomic mass is 35.5. The minimum atomic E-state index is -3.56. The quantitative estimate of drug-likeness (QED) is 0.834. The zero-order valence-electron chi connectivity index (χ0n) is 13.7. The summed E-state index contributed by atoms with van der Waals surface area (Å²) in [5, 5.41) is 0. The lowest BCUT2D eigenvalue weighted by atomic mass is 10.0. The maximum Gasteiger partial charge on any atom is 0.254 e. The molecule has 0 radical (unpaired) electrons. The van der Waals surface area contributed by atoms with Crippen LogP contribution in [0, 0.1) is 6.92 Å². The zero-order chi connectivity index (χ0) is 16.6. The lowest BCUT2D eigenvalue weighted by molar-refractivity contribution is 0.0708. The van der Waals surface area contributed by atoms with E-state index in [1.54, 1.807) is 17.0 Å². The number of aryl methyl sites for hydroxylation is 1.